The number of ether oxygens (including phenoxy) is 2. The van der Waals surface area contributed by atoms with Gasteiger partial charge in [0.1, 0.15) is 6.61 Å². The molecule has 0 unspecified atom stereocenters. The predicted octanol–water partition coefficient (Wildman–Crippen LogP) is 5.43. The average Bonchev–Trinajstić information content (AvgIpc) is 2.50. The molecule has 3 heteroatoms. The lowest BCUT2D eigenvalue weighted by molar-refractivity contribution is -0.140. The number of hydrogen-bond acceptors (Lipinski definition) is 3. The van der Waals surface area contributed by atoms with Gasteiger partial charge in [-0.1, -0.05) is 77.7 Å². The minimum Gasteiger partial charge on any atom is -0.460 e. The Labute approximate surface area is 137 Å². The molecule has 130 valence electrons. The Morgan fingerprint density at radius 3 is 1.77 bits per heavy atom. The van der Waals surface area contributed by atoms with E-state index in [0.717, 1.165) is 13.0 Å². The fourth-order valence-electron chi connectivity index (χ4n) is 2.29. The highest BCUT2D eigenvalue weighted by Crippen LogP contribution is 2.11. The van der Waals surface area contributed by atoms with E-state index in [-0.39, 0.29) is 5.97 Å². The van der Waals surface area contributed by atoms with Crippen molar-refractivity contribution in [2.45, 2.75) is 84.5 Å². The van der Waals surface area contributed by atoms with Crippen LogP contribution < -0.4 is 0 Å². The lowest BCUT2D eigenvalue weighted by atomic mass is 10.1. The van der Waals surface area contributed by atoms with Crippen molar-refractivity contribution in [1.29, 1.82) is 0 Å². The molecule has 0 N–H and O–H groups in total. The van der Waals surface area contributed by atoms with Crippen molar-refractivity contribution in [2.75, 3.05) is 19.8 Å². The molecule has 3 nitrogen and oxygen atoms in total. The van der Waals surface area contributed by atoms with Crippen molar-refractivity contribution < 1.29 is 14.3 Å². The summed E-state index contributed by atoms with van der Waals surface area (Å²) in [7, 11) is 0. The first-order valence-corrected chi connectivity index (χ1v) is 9.08. The van der Waals surface area contributed by atoms with Crippen LogP contribution >= 0.6 is 0 Å². The molecule has 0 radical (unpaired) electrons. The Kier molecular flexibility index (Phi) is 15.9. The largest absolute Gasteiger partial charge is 0.460 e. The predicted molar refractivity (Wildman–Crippen MR) is 93.1 cm³/mol. The monoisotopic (exact) mass is 312 g/mol. The zero-order valence-corrected chi connectivity index (χ0v) is 14.8. The van der Waals surface area contributed by atoms with Gasteiger partial charge in [-0.2, -0.15) is 0 Å². The highest BCUT2D eigenvalue weighted by atomic mass is 16.6. The van der Waals surface area contributed by atoms with Crippen molar-refractivity contribution in [3.63, 3.8) is 0 Å². The van der Waals surface area contributed by atoms with Crippen LogP contribution in [0.3, 0.4) is 0 Å². The summed E-state index contributed by atoms with van der Waals surface area (Å²) < 4.78 is 10.4. The molecule has 22 heavy (non-hydrogen) atoms. The zero-order chi connectivity index (χ0) is 16.5. The van der Waals surface area contributed by atoms with Crippen molar-refractivity contribution >= 4 is 5.97 Å². The van der Waals surface area contributed by atoms with Crippen LogP contribution in [0.15, 0.2) is 12.2 Å². The molecular weight excluding hydrogens is 276 g/mol. The Balaban J connectivity index is 3.05. The summed E-state index contributed by atoms with van der Waals surface area (Å²) in [4.78, 5) is 11.1. The third-order valence-electron chi connectivity index (χ3n) is 3.70. The summed E-state index contributed by atoms with van der Waals surface area (Å²) in [6, 6.07) is 0. The number of rotatable bonds is 16. The molecule has 0 rings (SSSR count). The van der Waals surface area contributed by atoms with Gasteiger partial charge in [0.2, 0.25) is 0 Å². The molecule has 0 heterocycles. The molecule has 0 amide bonds. The lowest BCUT2D eigenvalue weighted by Gasteiger charge is -2.06. The Hall–Kier alpha value is -0.830. The number of carbonyl (C=O) groups is 1. The lowest BCUT2D eigenvalue weighted by Crippen LogP contribution is -2.11. The summed E-state index contributed by atoms with van der Waals surface area (Å²) in [5.41, 5.74) is 0.436. The Bertz CT molecular complexity index is 274. The standard InChI is InChI=1S/C19H36O3/c1-4-5-6-7-8-9-10-11-12-13-14-15-21-16-17-22-19(20)18(2)3/h2,4-17H2,1,3H3. The maximum Gasteiger partial charge on any atom is 0.333 e. The van der Waals surface area contributed by atoms with Gasteiger partial charge in [0.05, 0.1) is 6.61 Å². The van der Waals surface area contributed by atoms with E-state index in [4.69, 9.17) is 9.47 Å². The Morgan fingerprint density at radius 1 is 0.773 bits per heavy atom. The van der Waals surface area contributed by atoms with Gasteiger partial charge in [0.15, 0.2) is 0 Å². The van der Waals surface area contributed by atoms with Crippen molar-refractivity contribution in [1.82, 2.24) is 0 Å². The first-order valence-electron chi connectivity index (χ1n) is 9.08. The van der Waals surface area contributed by atoms with Gasteiger partial charge in [-0.05, 0) is 13.3 Å². The van der Waals surface area contributed by atoms with Crippen LogP contribution in [0.25, 0.3) is 0 Å². The average molecular weight is 312 g/mol. The molecule has 0 aliphatic carbocycles. The summed E-state index contributed by atoms with van der Waals surface area (Å²) >= 11 is 0. The highest BCUT2D eigenvalue weighted by molar-refractivity contribution is 5.86. The molecule has 0 aromatic rings. The summed E-state index contributed by atoms with van der Waals surface area (Å²) in [5, 5.41) is 0. The minimum absolute atomic E-state index is 0.323. The van der Waals surface area contributed by atoms with E-state index in [0.29, 0.717) is 18.8 Å². The molecule has 0 spiro atoms. The molecule has 0 bridgehead atoms. The third kappa shape index (κ3) is 15.6. The van der Waals surface area contributed by atoms with Crippen LogP contribution in [0.4, 0.5) is 0 Å². The zero-order valence-electron chi connectivity index (χ0n) is 14.8. The fourth-order valence-corrected chi connectivity index (χ4v) is 2.29. The summed E-state index contributed by atoms with van der Waals surface area (Å²) in [6.07, 6.45) is 14.7. The molecule has 0 aromatic heterocycles. The van der Waals surface area contributed by atoms with Crippen LogP contribution in [-0.4, -0.2) is 25.8 Å². The second kappa shape index (κ2) is 16.5. The van der Waals surface area contributed by atoms with Gasteiger partial charge in [0, 0.05) is 12.2 Å². The number of hydrogen-bond donors (Lipinski definition) is 0. The van der Waals surface area contributed by atoms with Crippen molar-refractivity contribution in [3.8, 4) is 0 Å². The van der Waals surface area contributed by atoms with Crippen LogP contribution in [0.5, 0.6) is 0 Å². The molecule has 0 atom stereocenters. The van der Waals surface area contributed by atoms with Gasteiger partial charge >= 0.3 is 5.97 Å². The number of esters is 1. The molecule has 0 aliphatic heterocycles. The van der Waals surface area contributed by atoms with Crippen LogP contribution in [0.2, 0.25) is 0 Å². The van der Waals surface area contributed by atoms with E-state index in [1.54, 1.807) is 6.92 Å². The maximum absolute atomic E-state index is 11.1. The van der Waals surface area contributed by atoms with Gasteiger partial charge < -0.3 is 9.47 Å². The van der Waals surface area contributed by atoms with Gasteiger partial charge in [-0.3, -0.25) is 0 Å². The SMILES string of the molecule is C=C(C)C(=O)OCCOCCCCCCCCCCCCC. The first-order chi connectivity index (χ1) is 10.7. The van der Waals surface area contributed by atoms with Crippen LogP contribution in [0.1, 0.15) is 84.5 Å². The fraction of sp³-hybridized carbons (Fsp3) is 0.842. The van der Waals surface area contributed by atoms with Crippen LogP contribution in [0, 0.1) is 0 Å². The van der Waals surface area contributed by atoms with E-state index in [9.17, 15) is 4.79 Å². The second-order valence-electron chi connectivity index (χ2n) is 6.06. The Morgan fingerprint density at radius 2 is 1.27 bits per heavy atom. The quantitative estimate of drug-likeness (QED) is 0.216. The van der Waals surface area contributed by atoms with Gasteiger partial charge in [0.25, 0.3) is 0 Å². The van der Waals surface area contributed by atoms with Crippen molar-refractivity contribution in [3.05, 3.63) is 12.2 Å². The second-order valence-corrected chi connectivity index (χ2v) is 6.06. The summed E-state index contributed by atoms with van der Waals surface area (Å²) in [6.45, 7) is 9.01. The van der Waals surface area contributed by atoms with Gasteiger partial charge in [-0.25, -0.2) is 4.79 Å². The van der Waals surface area contributed by atoms with E-state index in [1.165, 1.54) is 64.2 Å². The van der Waals surface area contributed by atoms with Gasteiger partial charge in [-0.15, -0.1) is 0 Å². The highest BCUT2D eigenvalue weighted by Gasteiger charge is 2.01. The van der Waals surface area contributed by atoms with E-state index >= 15 is 0 Å². The summed E-state index contributed by atoms with van der Waals surface area (Å²) in [5.74, 6) is -0.335. The topological polar surface area (TPSA) is 35.5 Å². The molecule has 0 aromatic carbocycles. The molecule has 0 saturated heterocycles. The van der Waals surface area contributed by atoms with E-state index < -0.39 is 0 Å². The smallest absolute Gasteiger partial charge is 0.333 e. The normalized spacial score (nSPS) is 10.6. The van der Waals surface area contributed by atoms with E-state index in [2.05, 4.69) is 13.5 Å². The molecule has 0 fully saturated rings. The van der Waals surface area contributed by atoms with Crippen molar-refractivity contribution in [2.24, 2.45) is 0 Å². The number of carbonyl (C=O) groups excluding carboxylic acids is 1. The molecule has 0 saturated carbocycles. The minimum atomic E-state index is -0.335. The maximum atomic E-state index is 11.1. The third-order valence-corrected chi connectivity index (χ3v) is 3.70. The first kappa shape index (κ1) is 21.2. The number of unbranched alkanes of at least 4 members (excludes halogenated alkanes) is 10. The molecular formula is C19H36O3. The van der Waals surface area contributed by atoms with Crippen LogP contribution in [-0.2, 0) is 14.3 Å². The molecule has 0 aliphatic rings. The van der Waals surface area contributed by atoms with E-state index in [1.807, 2.05) is 0 Å².